The Morgan fingerprint density at radius 1 is 1.20 bits per heavy atom. The number of ether oxygens (including phenoxy) is 1. The Morgan fingerprint density at radius 3 is 2.25 bits per heavy atom. The molecular formula is C13H18BNO5. The molecule has 1 N–H and O–H groups in total. The van der Waals surface area contributed by atoms with Crippen LogP contribution in [0.3, 0.4) is 0 Å². The van der Waals surface area contributed by atoms with Gasteiger partial charge in [-0.15, -0.1) is 0 Å². The monoisotopic (exact) mass is 279 g/mol. The number of rotatable bonds is 2. The first-order valence-electron chi connectivity index (χ1n) is 6.34. The van der Waals surface area contributed by atoms with E-state index in [0.29, 0.717) is 5.59 Å². The fourth-order valence-electron chi connectivity index (χ4n) is 1.90. The summed E-state index contributed by atoms with van der Waals surface area (Å²) in [5.74, 6) is -0.575. The third kappa shape index (κ3) is 2.51. The van der Waals surface area contributed by atoms with Crippen molar-refractivity contribution >= 4 is 18.7 Å². The number of esters is 1. The van der Waals surface area contributed by atoms with Crippen molar-refractivity contribution in [2.24, 2.45) is 0 Å². The van der Waals surface area contributed by atoms with E-state index in [9.17, 15) is 9.59 Å². The Hall–Kier alpha value is -1.60. The van der Waals surface area contributed by atoms with Gasteiger partial charge in [-0.1, -0.05) is 0 Å². The minimum absolute atomic E-state index is 0.168. The van der Waals surface area contributed by atoms with Crippen LogP contribution < -0.4 is 11.2 Å². The fourth-order valence-corrected chi connectivity index (χ4v) is 1.90. The molecule has 0 amide bonds. The fraction of sp³-hybridized carbons (Fsp3) is 0.538. The number of methoxy groups -OCH3 is 1. The molecule has 1 aromatic heterocycles. The van der Waals surface area contributed by atoms with Crippen molar-refractivity contribution in [2.45, 2.75) is 38.9 Å². The second-order valence-electron chi connectivity index (χ2n) is 5.77. The van der Waals surface area contributed by atoms with Crippen LogP contribution in [-0.2, 0) is 14.0 Å². The van der Waals surface area contributed by atoms with Gasteiger partial charge in [-0.05, 0) is 33.8 Å². The molecule has 7 heteroatoms. The number of aromatic amines is 1. The average molecular weight is 279 g/mol. The molecule has 0 radical (unpaired) electrons. The number of pyridine rings is 1. The van der Waals surface area contributed by atoms with Gasteiger partial charge in [0.15, 0.2) is 0 Å². The van der Waals surface area contributed by atoms with Gasteiger partial charge in [0.2, 0.25) is 5.56 Å². The van der Waals surface area contributed by atoms with Gasteiger partial charge in [-0.2, -0.15) is 0 Å². The second-order valence-corrected chi connectivity index (χ2v) is 5.77. The summed E-state index contributed by atoms with van der Waals surface area (Å²) in [6.07, 6.45) is 0. The van der Waals surface area contributed by atoms with E-state index in [1.54, 1.807) is 0 Å². The first kappa shape index (κ1) is 14.8. The molecule has 0 atom stereocenters. The Bertz CT molecular complexity index is 577. The zero-order valence-electron chi connectivity index (χ0n) is 12.3. The minimum Gasteiger partial charge on any atom is -0.465 e. The van der Waals surface area contributed by atoms with E-state index in [1.165, 1.54) is 19.2 Å². The van der Waals surface area contributed by atoms with Gasteiger partial charge in [-0.3, -0.25) is 4.79 Å². The zero-order chi connectivity index (χ0) is 15.1. The topological polar surface area (TPSA) is 77.6 Å². The summed E-state index contributed by atoms with van der Waals surface area (Å²) in [4.78, 5) is 25.8. The molecular weight excluding hydrogens is 261 g/mol. The van der Waals surface area contributed by atoms with E-state index < -0.39 is 29.8 Å². The molecule has 0 aliphatic carbocycles. The molecule has 0 spiro atoms. The molecule has 0 unspecified atom stereocenters. The lowest BCUT2D eigenvalue weighted by atomic mass is 9.83. The summed E-state index contributed by atoms with van der Waals surface area (Å²) < 4.78 is 16.3. The minimum atomic E-state index is -0.725. The van der Waals surface area contributed by atoms with Crippen molar-refractivity contribution in [1.29, 1.82) is 0 Å². The Balaban J connectivity index is 2.38. The highest BCUT2D eigenvalue weighted by atomic mass is 16.7. The van der Waals surface area contributed by atoms with E-state index in [-0.39, 0.29) is 5.56 Å². The van der Waals surface area contributed by atoms with Crippen LogP contribution in [0.15, 0.2) is 16.9 Å². The molecule has 20 heavy (non-hydrogen) atoms. The van der Waals surface area contributed by atoms with Crippen LogP contribution in [0.2, 0.25) is 0 Å². The van der Waals surface area contributed by atoms with Crippen molar-refractivity contribution in [3.63, 3.8) is 0 Å². The van der Waals surface area contributed by atoms with Gasteiger partial charge in [0.1, 0.15) is 0 Å². The SMILES string of the molecule is COC(=O)c1cc(B2OC(C)(C)C(C)(C)O2)[nH]c(=O)c1. The molecule has 2 rings (SSSR count). The van der Waals surface area contributed by atoms with Gasteiger partial charge in [0.05, 0.1) is 23.9 Å². The first-order valence-corrected chi connectivity index (χ1v) is 6.34. The molecule has 0 bridgehead atoms. The van der Waals surface area contributed by atoms with Gasteiger partial charge < -0.3 is 19.0 Å². The standard InChI is InChI=1S/C13H18BNO5/c1-12(2)13(3,4)20-14(19-12)9-6-8(11(17)18-5)7-10(16)15-9/h6-7H,1-5H3,(H,15,16). The molecule has 6 nitrogen and oxygen atoms in total. The number of hydrogen-bond donors (Lipinski definition) is 1. The molecule has 1 aliphatic rings. The maximum absolute atomic E-state index is 11.6. The molecule has 1 aliphatic heterocycles. The summed E-state index contributed by atoms with van der Waals surface area (Å²) in [5, 5.41) is 0. The van der Waals surface area contributed by atoms with Crippen molar-refractivity contribution in [3.8, 4) is 0 Å². The van der Waals surface area contributed by atoms with Crippen molar-refractivity contribution < 1.29 is 18.8 Å². The largest absolute Gasteiger partial charge is 0.512 e. The predicted molar refractivity (Wildman–Crippen MR) is 74.1 cm³/mol. The Labute approximate surface area is 117 Å². The summed E-state index contributed by atoms with van der Waals surface area (Å²) >= 11 is 0. The maximum Gasteiger partial charge on any atom is 0.512 e. The van der Waals surface area contributed by atoms with Gasteiger partial charge >= 0.3 is 13.1 Å². The van der Waals surface area contributed by atoms with Crippen molar-refractivity contribution in [1.82, 2.24) is 4.98 Å². The van der Waals surface area contributed by atoms with Crippen LogP contribution in [0.25, 0.3) is 0 Å². The first-order chi connectivity index (χ1) is 9.16. The zero-order valence-corrected chi connectivity index (χ0v) is 12.3. The van der Waals surface area contributed by atoms with E-state index >= 15 is 0 Å². The quantitative estimate of drug-likeness (QED) is 0.628. The molecule has 2 heterocycles. The van der Waals surface area contributed by atoms with Crippen LogP contribution in [0.5, 0.6) is 0 Å². The van der Waals surface area contributed by atoms with E-state index in [2.05, 4.69) is 9.72 Å². The molecule has 0 aromatic carbocycles. The number of nitrogens with one attached hydrogen (secondary N) is 1. The number of hydrogen-bond acceptors (Lipinski definition) is 5. The van der Waals surface area contributed by atoms with E-state index in [4.69, 9.17) is 9.31 Å². The smallest absolute Gasteiger partial charge is 0.465 e. The maximum atomic E-state index is 11.6. The number of carbonyl (C=O) groups excluding carboxylic acids is 1. The molecule has 1 aromatic rings. The van der Waals surface area contributed by atoms with Crippen LogP contribution in [-0.4, -0.2) is 36.4 Å². The normalized spacial score (nSPS) is 19.9. The summed E-state index contributed by atoms with van der Waals surface area (Å²) in [6.45, 7) is 7.65. The molecule has 108 valence electrons. The van der Waals surface area contributed by atoms with E-state index in [1.807, 2.05) is 27.7 Å². The van der Waals surface area contributed by atoms with Crippen LogP contribution in [0.4, 0.5) is 0 Å². The number of aromatic nitrogens is 1. The number of H-pyrrole nitrogens is 1. The lowest BCUT2D eigenvalue weighted by Crippen LogP contribution is -2.41. The second kappa shape index (κ2) is 4.75. The van der Waals surface area contributed by atoms with Crippen molar-refractivity contribution in [3.05, 3.63) is 28.0 Å². The molecule has 1 saturated heterocycles. The predicted octanol–water partition coefficient (Wildman–Crippen LogP) is 0.461. The third-order valence-electron chi connectivity index (χ3n) is 3.79. The lowest BCUT2D eigenvalue weighted by molar-refractivity contribution is 0.00578. The number of carbonyl (C=O) groups is 1. The molecule has 0 saturated carbocycles. The molecule has 1 fully saturated rings. The van der Waals surface area contributed by atoms with Crippen molar-refractivity contribution in [2.75, 3.05) is 7.11 Å². The summed E-state index contributed by atoms with van der Waals surface area (Å²) in [6, 6.07) is 2.69. The highest BCUT2D eigenvalue weighted by Crippen LogP contribution is 2.36. The van der Waals surface area contributed by atoms with Gasteiger partial charge in [0, 0.05) is 11.7 Å². The van der Waals surface area contributed by atoms with Gasteiger partial charge in [-0.25, -0.2) is 4.79 Å². The third-order valence-corrected chi connectivity index (χ3v) is 3.79. The van der Waals surface area contributed by atoms with Crippen LogP contribution >= 0.6 is 0 Å². The lowest BCUT2D eigenvalue weighted by Gasteiger charge is -2.32. The van der Waals surface area contributed by atoms with Crippen LogP contribution in [0, 0.1) is 0 Å². The van der Waals surface area contributed by atoms with Crippen LogP contribution in [0.1, 0.15) is 38.1 Å². The van der Waals surface area contributed by atoms with E-state index in [0.717, 1.165) is 0 Å². The summed E-state index contributed by atoms with van der Waals surface area (Å²) in [7, 11) is 0.537. The van der Waals surface area contributed by atoms with Gasteiger partial charge in [0.25, 0.3) is 0 Å². The Morgan fingerprint density at radius 2 is 1.75 bits per heavy atom. The highest BCUT2D eigenvalue weighted by molar-refractivity contribution is 6.61. The average Bonchev–Trinajstić information content (AvgIpc) is 2.57. The summed E-state index contributed by atoms with van der Waals surface area (Å²) in [5.41, 5.74) is -0.874. The Kier molecular flexibility index (Phi) is 3.52. The highest BCUT2D eigenvalue weighted by Gasteiger charge is 2.52.